The normalized spacial score (nSPS) is 16.3. The number of fused-ring (bicyclic) bond motifs is 1. The van der Waals surface area contributed by atoms with Gasteiger partial charge in [-0.15, -0.1) is 0 Å². The van der Waals surface area contributed by atoms with Crippen molar-refractivity contribution < 1.29 is 9.13 Å². The van der Waals surface area contributed by atoms with Gasteiger partial charge in [-0.05, 0) is 25.2 Å². The first-order valence-corrected chi connectivity index (χ1v) is 7.26. The highest BCUT2D eigenvalue weighted by Gasteiger charge is 2.25. The van der Waals surface area contributed by atoms with E-state index in [9.17, 15) is 4.39 Å². The molecule has 1 aliphatic carbocycles. The quantitative estimate of drug-likeness (QED) is 0.859. The van der Waals surface area contributed by atoms with Crippen LogP contribution in [0.25, 0.3) is 10.8 Å². The van der Waals surface area contributed by atoms with Crippen LogP contribution in [0, 0.1) is 0 Å². The van der Waals surface area contributed by atoms with Gasteiger partial charge < -0.3 is 10.1 Å². The second-order valence-corrected chi connectivity index (χ2v) is 5.41. The lowest BCUT2D eigenvalue weighted by Gasteiger charge is -2.19. The average Bonchev–Trinajstić information content (AvgIpc) is 3.28. The predicted octanol–water partition coefficient (Wildman–Crippen LogP) is 4.00. The highest BCUT2D eigenvalue weighted by atomic mass is 19.1. The number of hydrogen-bond donors (Lipinski definition) is 1. The Morgan fingerprint density at radius 2 is 2.05 bits per heavy atom. The van der Waals surface area contributed by atoms with E-state index in [1.165, 1.54) is 12.8 Å². The second-order valence-electron chi connectivity index (χ2n) is 5.41. The number of benzene rings is 2. The van der Waals surface area contributed by atoms with E-state index in [1.54, 1.807) is 0 Å². The summed E-state index contributed by atoms with van der Waals surface area (Å²) in [7, 11) is 0. The smallest absolute Gasteiger partial charge is 0.132 e. The Bertz CT molecular complexity index is 595. The standard InChI is InChI=1S/C17H20FNO/c1-12(19-14-7-8-14)15-9-6-13-4-2-3-5-16(13)17(15)20-11-10-18/h2-6,9,12,14,19H,7-8,10-11H2,1H3. The van der Waals surface area contributed by atoms with Gasteiger partial charge in [-0.1, -0.05) is 36.4 Å². The zero-order valence-corrected chi connectivity index (χ0v) is 11.7. The van der Waals surface area contributed by atoms with E-state index in [4.69, 9.17) is 4.74 Å². The van der Waals surface area contributed by atoms with Crippen LogP contribution in [-0.2, 0) is 0 Å². The fourth-order valence-corrected chi connectivity index (χ4v) is 2.60. The Morgan fingerprint density at radius 3 is 2.80 bits per heavy atom. The van der Waals surface area contributed by atoms with Crippen LogP contribution < -0.4 is 10.1 Å². The predicted molar refractivity (Wildman–Crippen MR) is 80.0 cm³/mol. The Labute approximate surface area is 118 Å². The molecule has 1 atom stereocenters. The molecule has 0 aromatic heterocycles. The minimum absolute atomic E-state index is 0.108. The summed E-state index contributed by atoms with van der Waals surface area (Å²) in [5, 5.41) is 5.76. The molecule has 0 saturated heterocycles. The number of halogens is 1. The molecule has 1 saturated carbocycles. The molecule has 3 rings (SSSR count). The van der Waals surface area contributed by atoms with Gasteiger partial charge in [0.05, 0.1) is 0 Å². The summed E-state index contributed by atoms with van der Waals surface area (Å²) in [6.45, 7) is 1.79. The molecular formula is C17H20FNO. The molecule has 2 aromatic carbocycles. The molecule has 0 heterocycles. The van der Waals surface area contributed by atoms with Crippen molar-refractivity contribution in [2.45, 2.75) is 31.8 Å². The van der Waals surface area contributed by atoms with E-state index in [0.29, 0.717) is 6.04 Å². The third-order valence-corrected chi connectivity index (χ3v) is 3.76. The van der Waals surface area contributed by atoms with Gasteiger partial charge in [0.1, 0.15) is 19.0 Å². The third kappa shape index (κ3) is 2.78. The minimum atomic E-state index is -0.465. The van der Waals surface area contributed by atoms with Crippen LogP contribution in [0.1, 0.15) is 31.4 Å². The van der Waals surface area contributed by atoms with Crippen molar-refractivity contribution in [2.75, 3.05) is 13.3 Å². The summed E-state index contributed by atoms with van der Waals surface area (Å²) in [6, 6.07) is 13.2. The van der Waals surface area contributed by atoms with Crippen LogP contribution in [0.5, 0.6) is 5.75 Å². The van der Waals surface area contributed by atoms with Crippen LogP contribution in [0.2, 0.25) is 0 Å². The van der Waals surface area contributed by atoms with Gasteiger partial charge in [0.2, 0.25) is 0 Å². The van der Waals surface area contributed by atoms with E-state index >= 15 is 0 Å². The Hall–Kier alpha value is -1.61. The lowest BCUT2D eigenvalue weighted by Crippen LogP contribution is -2.21. The van der Waals surface area contributed by atoms with E-state index in [-0.39, 0.29) is 12.6 Å². The Kier molecular flexibility index (Phi) is 3.88. The lowest BCUT2D eigenvalue weighted by atomic mass is 10.0. The number of hydrogen-bond acceptors (Lipinski definition) is 2. The molecule has 0 spiro atoms. The van der Waals surface area contributed by atoms with Crippen molar-refractivity contribution in [1.29, 1.82) is 0 Å². The first kappa shape index (κ1) is 13.4. The van der Waals surface area contributed by atoms with Crippen molar-refractivity contribution in [3.63, 3.8) is 0 Å². The van der Waals surface area contributed by atoms with Gasteiger partial charge in [-0.3, -0.25) is 0 Å². The molecule has 20 heavy (non-hydrogen) atoms. The van der Waals surface area contributed by atoms with E-state index in [2.05, 4.69) is 30.4 Å². The molecule has 1 unspecified atom stereocenters. The van der Waals surface area contributed by atoms with E-state index in [1.807, 2.05) is 18.2 Å². The summed E-state index contributed by atoms with van der Waals surface area (Å²) in [6.07, 6.45) is 2.50. The molecule has 2 aromatic rings. The second kappa shape index (κ2) is 5.80. The summed E-state index contributed by atoms with van der Waals surface area (Å²) in [5.41, 5.74) is 1.11. The number of alkyl halides is 1. The van der Waals surface area contributed by atoms with Crippen molar-refractivity contribution in [3.8, 4) is 5.75 Å². The highest BCUT2D eigenvalue weighted by Crippen LogP contribution is 2.35. The summed E-state index contributed by atoms with van der Waals surface area (Å²) >= 11 is 0. The maximum absolute atomic E-state index is 12.5. The third-order valence-electron chi connectivity index (χ3n) is 3.76. The van der Waals surface area contributed by atoms with Gasteiger partial charge in [0.25, 0.3) is 0 Å². The molecule has 106 valence electrons. The monoisotopic (exact) mass is 273 g/mol. The molecule has 2 nitrogen and oxygen atoms in total. The van der Waals surface area contributed by atoms with Crippen LogP contribution in [0.15, 0.2) is 36.4 Å². The van der Waals surface area contributed by atoms with Gasteiger partial charge in [-0.2, -0.15) is 0 Å². The molecular weight excluding hydrogens is 253 g/mol. The molecule has 3 heteroatoms. The molecule has 0 radical (unpaired) electrons. The van der Waals surface area contributed by atoms with Crippen LogP contribution in [-0.4, -0.2) is 19.3 Å². The van der Waals surface area contributed by atoms with Gasteiger partial charge in [0.15, 0.2) is 0 Å². The molecule has 0 aliphatic heterocycles. The topological polar surface area (TPSA) is 21.3 Å². The molecule has 0 bridgehead atoms. The van der Waals surface area contributed by atoms with Crippen LogP contribution >= 0.6 is 0 Å². The lowest BCUT2D eigenvalue weighted by molar-refractivity contribution is 0.272. The van der Waals surface area contributed by atoms with Crippen LogP contribution in [0.4, 0.5) is 4.39 Å². The summed E-state index contributed by atoms with van der Waals surface area (Å²) < 4.78 is 18.2. The maximum Gasteiger partial charge on any atom is 0.132 e. The van der Waals surface area contributed by atoms with Gasteiger partial charge in [0, 0.05) is 23.0 Å². The van der Waals surface area contributed by atoms with Crippen molar-refractivity contribution in [3.05, 3.63) is 42.0 Å². The Balaban J connectivity index is 1.99. The molecule has 0 amide bonds. The number of ether oxygens (including phenoxy) is 1. The van der Waals surface area contributed by atoms with Crippen molar-refractivity contribution in [1.82, 2.24) is 5.32 Å². The first-order valence-electron chi connectivity index (χ1n) is 7.26. The fourth-order valence-electron chi connectivity index (χ4n) is 2.60. The minimum Gasteiger partial charge on any atom is -0.490 e. The fraction of sp³-hybridized carbons (Fsp3) is 0.412. The van der Waals surface area contributed by atoms with Crippen molar-refractivity contribution in [2.24, 2.45) is 0 Å². The maximum atomic E-state index is 12.5. The van der Waals surface area contributed by atoms with Gasteiger partial charge >= 0.3 is 0 Å². The number of nitrogens with one attached hydrogen (secondary N) is 1. The average molecular weight is 273 g/mol. The van der Waals surface area contributed by atoms with Gasteiger partial charge in [-0.25, -0.2) is 4.39 Å². The number of rotatable bonds is 6. The zero-order valence-electron chi connectivity index (χ0n) is 11.7. The summed E-state index contributed by atoms with van der Waals surface area (Å²) in [5.74, 6) is 0.821. The molecule has 1 fully saturated rings. The zero-order chi connectivity index (χ0) is 13.9. The molecule has 1 aliphatic rings. The SMILES string of the molecule is CC(NC1CC1)c1ccc2ccccc2c1OCCF. The summed E-state index contributed by atoms with van der Waals surface area (Å²) in [4.78, 5) is 0. The Morgan fingerprint density at radius 1 is 1.25 bits per heavy atom. The first-order chi connectivity index (χ1) is 9.79. The van der Waals surface area contributed by atoms with E-state index < -0.39 is 6.67 Å². The largest absolute Gasteiger partial charge is 0.490 e. The van der Waals surface area contributed by atoms with E-state index in [0.717, 1.165) is 22.1 Å². The van der Waals surface area contributed by atoms with Crippen molar-refractivity contribution >= 4 is 10.8 Å². The highest BCUT2D eigenvalue weighted by molar-refractivity contribution is 5.89. The molecule has 1 N–H and O–H groups in total. The van der Waals surface area contributed by atoms with Crippen LogP contribution in [0.3, 0.4) is 0 Å².